The van der Waals surface area contributed by atoms with Gasteiger partial charge in [0.1, 0.15) is 10.8 Å². The number of hydrogen-bond donors (Lipinski definition) is 1. The van der Waals surface area contributed by atoms with E-state index in [0.717, 1.165) is 28.2 Å². The number of nitrogens with zero attached hydrogens (tertiary/aromatic N) is 5. The van der Waals surface area contributed by atoms with Gasteiger partial charge in [-0.25, -0.2) is 0 Å². The van der Waals surface area contributed by atoms with E-state index in [-0.39, 0.29) is 11.7 Å². The average molecular weight is 467 g/mol. The van der Waals surface area contributed by atoms with Gasteiger partial charge in [0.15, 0.2) is 11.0 Å². The van der Waals surface area contributed by atoms with E-state index in [4.69, 9.17) is 4.74 Å². The highest BCUT2D eigenvalue weighted by Gasteiger charge is 2.21. The van der Waals surface area contributed by atoms with Crippen LogP contribution in [0.4, 0.5) is 5.13 Å². The molecule has 0 aliphatic heterocycles. The Hall–Kier alpha value is -3.24. The van der Waals surface area contributed by atoms with Crippen molar-refractivity contribution < 1.29 is 9.53 Å². The molecule has 8 nitrogen and oxygen atoms in total. The van der Waals surface area contributed by atoms with Gasteiger partial charge in [-0.05, 0) is 31.0 Å². The van der Waals surface area contributed by atoms with E-state index < -0.39 is 0 Å². The van der Waals surface area contributed by atoms with Crippen LogP contribution in [-0.2, 0) is 11.2 Å². The molecule has 2 aromatic heterocycles. The number of anilines is 1. The molecule has 1 N–H and O–H groups in total. The van der Waals surface area contributed by atoms with Gasteiger partial charge in [-0.3, -0.25) is 14.7 Å². The fraction of sp³-hybridized carbons (Fsp3) is 0.227. The summed E-state index contributed by atoms with van der Waals surface area (Å²) in [6.45, 7) is 4.03. The summed E-state index contributed by atoms with van der Waals surface area (Å²) in [4.78, 5) is 12.5. The first-order valence-corrected chi connectivity index (χ1v) is 11.8. The molecular formula is C22H22N6O2S2. The summed E-state index contributed by atoms with van der Waals surface area (Å²) in [6.07, 6.45) is 0.784. The van der Waals surface area contributed by atoms with Gasteiger partial charge >= 0.3 is 0 Å². The van der Waals surface area contributed by atoms with E-state index in [1.54, 1.807) is 7.11 Å². The maximum absolute atomic E-state index is 12.5. The quantitative estimate of drug-likeness (QED) is 0.385. The molecule has 4 rings (SSSR count). The number of rotatable bonds is 8. The first-order chi connectivity index (χ1) is 15.6. The Balaban J connectivity index is 1.65. The van der Waals surface area contributed by atoms with Crippen LogP contribution in [0.25, 0.3) is 17.1 Å². The summed E-state index contributed by atoms with van der Waals surface area (Å²) >= 11 is 2.68. The molecule has 0 spiro atoms. The largest absolute Gasteiger partial charge is 0.495 e. The molecule has 164 valence electrons. The van der Waals surface area contributed by atoms with E-state index >= 15 is 0 Å². The number of carbonyl (C=O) groups excluding carboxylic acids is 1. The van der Waals surface area contributed by atoms with E-state index in [1.807, 2.05) is 66.9 Å². The van der Waals surface area contributed by atoms with Crippen LogP contribution in [0.5, 0.6) is 5.75 Å². The number of aromatic nitrogens is 5. The predicted octanol–water partition coefficient (Wildman–Crippen LogP) is 4.40. The molecule has 0 saturated heterocycles. The monoisotopic (exact) mass is 466 g/mol. The third kappa shape index (κ3) is 4.66. The Morgan fingerprint density at radius 1 is 1.09 bits per heavy atom. The van der Waals surface area contributed by atoms with Crippen molar-refractivity contribution in [1.82, 2.24) is 25.0 Å². The number of benzene rings is 2. The van der Waals surface area contributed by atoms with Crippen LogP contribution in [0.15, 0.2) is 53.7 Å². The van der Waals surface area contributed by atoms with Crippen molar-refractivity contribution in [2.45, 2.75) is 25.4 Å². The van der Waals surface area contributed by atoms with Gasteiger partial charge in [-0.15, -0.1) is 20.4 Å². The van der Waals surface area contributed by atoms with Gasteiger partial charge in [-0.2, -0.15) is 0 Å². The molecule has 0 aliphatic carbocycles. The van der Waals surface area contributed by atoms with Gasteiger partial charge in [0.2, 0.25) is 11.0 Å². The van der Waals surface area contributed by atoms with Crippen LogP contribution in [0.2, 0.25) is 0 Å². The van der Waals surface area contributed by atoms with Crippen LogP contribution >= 0.6 is 23.1 Å². The van der Waals surface area contributed by atoms with Gasteiger partial charge in [0.05, 0.1) is 18.6 Å². The third-order valence-corrected chi connectivity index (χ3v) is 6.61. The summed E-state index contributed by atoms with van der Waals surface area (Å²) in [7, 11) is 1.63. The van der Waals surface area contributed by atoms with Crippen molar-refractivity contribution in [2.75, 3.05) is 18.2 Å². The van der Waals surface area contributed by atoms with Crippen molar-refractivity contribution in [3.8, 4) is 22.8 Å². The number of amides is 1. The number of para-hydroxylation sites is 2. The Morgan fingerprint density at radius 2 is 1.88 bits per heavy atom. The fourth-order valence-electron chi connectivity index (χ4n) is 3.13. The van der Waals surface area contributed by atoms with Gasteiger partial charge in [-0.1, -0.05) is 66.4 Å². The molecule has 0 radical (unpaired) electrons. The molecule has 0 aliphatic rings. The molecule has 1 amide bonds. The molecule has 2 aromatic carbocycles. The highest BCUT2D eigenvalue weighted by atomic mass is 32.2. The van der Waals surface area contributed by atoms with Crippen molar-refractivity contribution >= 4 is 34.1 Å². The standard InChI is InChI=1S/C22H22N6O2S2/c1-4-19-24-26-21(32-19)23-18(29)13-31-22-27-25-20(15-10-6-5-9-14(15)2)28(22)16-11-7-8-12-17(16)30-3/h5-12H,4,13H2,1-3H3,(H,23,26,29). The number of hydrogen-bond acceptors (Lipinski definition) is 8. The van der Waals surface area contributed by atoms with Gasteiger partial charge in [0.25, 0.3) is 0 Å². The predicted molar refractivity (Wildman–Crippen MR) is 127 cm³/mol. The van der Waals surface area contributed by atoms with Crippen LogP contribution in [0.3, 0.4) is 0 Å². The molecular weight excluding hydrogens is 444 g/mol. The zero-order chi connectivity index (χ0) is 22.5. The topological polar surface area (TPSA) is 94.8 Å². The zero-order valence-electron chi connectivity index (χ0n) is 17.9. The van der Waals surface area contributed by atoms with E-state index in [0.29, 0.717) is 21.9 Å². The van der Waals surface area contributed by atoms with Crippen LogP contribution in [-0.4, -0.2) is 43.7 Å². The molecule has 2 heterocycles. The lowest BCUT2D eigenvalue weighted by Gasteiger charge is -2.14. The number of aryl methyl sites for hydroxylation is 2. The highest BCUT2D eigenvalue weighted by Crippen LogP contribution is 2.33. The van der Waals surface area contributed by atoms with Crippen molar-refractivity contribution in [1.29, 1.82) is 0 Å². The number of methoxy groups -OCH3 is 1. The Kier molecular flexibility index (Phi) is 6.81. The summed E-state index contributed by atoms with van der Waals surface area (Å²) in [5.41, 5.74) is 2.84. The molecule has 0 atom stereocenters. The summed E-state index contributed by atoms with van der Waals surface area (Å²) in [5, 5.41) is 21.7. The molecule has 10 heteroatoms. The normalized spacial score (nSPS) is 10.8. The van der Waals surface area contributed by atoms with Crippen molar-refractivity contribution in [3.63, 3.8) is 0 Å². The van der Waals surface area contributed by atoms with E-state index in [9.17, 15) is 4.79 Å². The van der Waals surface area contributed by atoms with Crippen LogP contribution < -0.4 is 10.1 Å². The minimum Gasteiger partial charge on any atom is -0.495 e. The van der Waals surface area contributed by atoms with Crippen molar-refractivity contribution in [3.05, 3.63) is 59.1 Å². The second-order valence-corrected chi connectivity index (χ2v) is 8.82. The maximum Gasteiger partial charge on any atom is 0.236 e. The maximum atomic E-state index is 12.5. The highest BCUT2D eigenvalue weighted by molar-refractivity contribution is 7.99. The van der Waals surface area contributed by atoms with Crippen LogP contribution in [0, 0.1) is 6.92 Å². The smallest absolute Gasteiger partial charge is 0.236 e. The van der Waals surface area contributed by atoms with Gasteiger partial charge < -0.3 is 4.74 Å². The van der Waals surface area contributed by atoms with Crippen LogP contribution in [0.1, 0.15) is 17.5 Å². The number of thioether (sulfide) groups is 1. The average Bonchev–Trinajstić information content (AvgIpc) is 3.44. The Bertz CT molecular complexity index is 1240. The summed E-state index contributed by atoms with van der Waals surface area (Å²) in [5.74, 6) is 1.35. The van der Waals surface area contributed by atoms with E-state index in [1.165, 1.54) is 23.1 Å². The lowest BCUT2D eigenvalue weighted by molar-refractivity contribution is -0.113. The first-order valence-electron chi connectivity index (χ1n) is 10.0. The summed E-state index contributed by atoms with van der Waals surface area (Å²) in [6, 6.07) is 15.7. The minimum absolute atomic E-state index is 0.155. The second kappa shape index (κ2) is 9.92. The minimum atomic E-state index is -0.180. The number of carbonyl (C=O) groups is 1. The lowest BCUT2D eigenvalue weighted by atomic mass is 10.1. The molecule has 4 aromatic rings. The molecule has 0 bridgehead atoms. The number of ether oxygens (including phenoxy) is 1. The Morgan fingerprint density at radius 3 is 2.62 bits per heavy atom. The molecule has 0 fully saturated rings. The Labute approximate surface area is 194 Å². The fourth-order valence-corrected chi connectivity index (χ4v) is 4.57. The number of nitrogens with one attached hydrogen (secondary N) is 1. The van der Waals surface area contributed by atoms with Crippen molar-refractivity contribution in [2.24, 2.45) is 0 Å². The summed E-state index contributed by atoms with van der Waals surface area (Å²) < 4.78 is 7.51. The second-order valence-electron chi connectivity index (χ2n) is 6.82. The third-order valence-electron chi connectivity index (χ3n) is 4.69. The zero-order valence-corrected chi connectivity index (χ0v) is 19.5. The molecule has 0 saturated carbocycles. The SMILES string of the molecule is CCc1nnc(NC(=O)CSc2nnc(-c3ccccc3C)n2-c2ccccc2OC)s1. The van der Waals surface area contributed by atoms with E-state index in [2.05, 4.69) is 25.7 Å². The first kappa shape index (κ1) is 22.0. The molecule has 32 heavy (non-hydrogen) atoms. The lowest BCUT2D eigenvalue weighted by Crippen LogP contribution is -2.14. The molecule has 0 unspecified atom stereocenters. The van der Waals surface area contributed by atoms with Gasteiger partial charge in [0, 0.05) is 5.56 Å².